The minimum atomic E-state index is -0.966. The fourth-order valence-corrected chi connectivity index (χ4v) is 6.63. The number of hydrogen-bond acceptors (Lipinski definition) is 5. The molecule has 5 rings (SSSR count). The van der Waals surface area contributed by atoms with E-state index < -0.39 is 40.9 Å². The minimum absolute atomic E-state index is 0.0740. The molecule has 1 aliphatic rings. The van der Waals surface area contributed by atoms with E-state index in [4.69, 9.17) is 14.2 Å². The van der Waals surface area contributed by atoms with Gasteiger partial charge in [-0.2, -0.15) is 0 Å². The molecular weight excluding hydrogens is 645 g/mol. The molecule has 10 heteroatoms. The monoisotopic (exact) mass is 690 g/mol. The van der Waals surface area contributed by atoms with E-state index in [1.54, 1.807) is 12.1 Å². The van der Waals surface area contributed by atoms with Crippen molar-refractivity contribution in [3.8, 4) is 22.4 Å². The summed E-state index contributed by atoms with van der Waals surface area (Å²) in [6.45, 7) is 13.4. The zero-order chi connectivity index (χ0) is 36.4. The number of ether oxygens (including phenoxy) is 3. The summed E-state index contributed by atoms with van der Waals surface area (Å²) in [4.78, 5) is 27.1. The standard InChI is InChI=1S/C40H45F3N2O5/c1-24(2)36-35(38(47)44-32-18-17-28(42)21-31(32)43)34(25-11-9-8-10-12-25)37(26-13-15-27(41)16-14-26)45(36)20-19-29-22-30(49-40(6,7)48-29)23-33(46)50-39(3,4)5/h8-18,21,24,29-30H,19-20,22-23H2,1-7H3,(H,44,47). The lowest BCUT2D eigenvalue weighted by molar-refractivity contribution is -0.301. The number of aromatic nitrogens is 1. The van der Waals surface area contributed by atoms with Crippen molar-refractivity contribution in [3.05, 3.63) is 102 Å². The largest absolute Gasteiger partial charge is 0.460 e. The first-order valence-corrected chi connectivity index (χ1v) is 16.9. The van der Waals surface area contributed by atoms with E-state index in [2.05, 4.69) is 9.88 Å². The van der Waals surface area contributed by atoms with Crippen LogP contribution in [0.1, 0.15) is 89.7 Å². The maximum atomic E-state index is 14.8. The van der Waals surface area contributed by atoms with E-state index in [0.29, 0.717) is 47.5 Å². The molecule has 0 radical (unpaired) electrons. The molecule has 1 aliphatic heterocycles. The lowest BCUT2D eigenvalue weighted by Crippen LogP contribution is -2.46. The normalized spacial score (nSPS) is 17.5. The van der Waals surface area contributed by atoms with Crippen LogP contribution in [0.4, 0.5) is 18.9 Å². The Balaban J connectivity index is 1.61. The SMILES string of the molecule is CC(C)c1c(C(=O)Nc2ccc(F)cc2F)c(-c2ccccc2)c(-c2ccc(F)cc2)n1CCC1CC(CC(=O)OC(C)(C)C)OC(C)(C)O1. The van der Waals surface area contributed by atoms with Crippen molar-refractivity contribution in [2.24, 2.45) is 0 Å². The van der Waals surface area contributed by atoms with Crippen molar-refractivity contribution < 1.29 is 37.0 Å². The Morgan fingerprint density at radius 2 is 1.56 bits per heavy atom. The first kappa shape index (κ1) is 36.9. The average molecular weight is 691 g/mol. The molecule has 0 spiro atoms. The molecule has 1 saturated heterocycles. The lowest BCUT2D eigenvalue weighted by atomic mass is 9.94. The van der Waals surface area contributed by atoms with Gasteiger partial charge in [0.1, 0.15) is 23.1 Å². The van der Waals surface area contributed by atoms with E-state index in [9.17, 15) is 22.8 Å². The molecule has 7 nitrogen and oxygen atoms in total. The highest BCUT2D eigenvalue weighted by Crippen LogP contribution is 2.43. The van der Waals surface area contributed by atoms with Crippen LogP contribution in [-0.4, -0.2) is 40.0 Å². The summed E-state index contributed by atoms with van der Waals surface area (Å²) < 4.78 is 62.9. The van der Waals surface area contributed by atoms with Crippen molar-refractivity contribution in [1.29, 1.82) is 0 Å². The Morgan fingerprint density at radius 3 is 2.18 bits per heavy atom. The fraction of sp³-hybridized carbons (Fsp3) is 0.400. The van der Waals surface area contributed by atoms with Crippen LogP contribution in [0.15, 0.2) is 72.8 Å². The topological polar surface area (TPSA) is 78.8 Å². The van der Waals surface area contributed by atoms with Gasteiger partial charge in [-0.15, -0.1) is 0 Å². The Kier molecular flexibility index (Phi) is 10.9. The number of benzene rings is 3. The fourth-order valence-electron chi connectivity index (χ4n) is 6.63. The maximum absolute atomic E-state index is 14.8. The van der Waals surface area contributed by atoms with Crippen LogP contribution in [-0.2, 0) is 25.5 Å². The van der Waals surface area contributed by atoms with Crippen molar-refractivity contribution in [3.63, 3.8) is 0 Å². The second-order valence-corrected chi connectivity index (χ2v) is 14.4. The number of hydrogen-bond donors (Lipinski definition) is 1. The molecular formula is C40H45F3N2O5. The van der Waals surface area contributed by atoms with Crippen LogP contribution < -0.4 is 5.32 Å². The van der Waals surface area contributed by atoms with Gasteiger partial charge in [0.2, 0.25) is 0 Å². The van der Waals surface area contributed by atoms with Crippen LogP contribution in [0.3, 0.4) is 0 Å². The summed E-state index contributed by atoms with van der Waals surface area (Å²) >= 11 is 0. The third kappa shape index (κ3) is 8.84. The smallest absolute Gasteiger partial charge is 0.308 e. The lowest BCUT2D eigenvalue weighted by Gasteiger charge is -2.41. The molecule has 1 fully saturated rings. The first-order valence-electron chi connectivity index (χ1n) is 16.9. The number of carbonyl (C=O) groups excluding carboxylic acids is 2. The van der Waals surface area contributed by atoms with Crippen LogP contribution in [0.2, 0.25) is 0 Å². The van der Waals surface area contributed by atoms with E-state index in [-0.39, 0.29) is 30.1 Å². The van der Waals surface area contributed by atoms with Gasteiger partial charge in [-0.05, 0) is 94.5 Å². The second kappa shape index (κ2) is 14.8. The van der Waals surface area contributed by atoms with E-state index in [1.165, 1.54) is 18.2 Å². The Labute approximate surface area is 291 Å². The Hall–Kier alpha value is -4.41. The maximum Gasteiger partial charge on any atom is 0.308 e. The summed E-state index contributed by atoms with van der Waals surface area (Å²) in [5.41, 5.74) is 2.91. The molecule has 2 unspecified atom stereocenters. The predicted octanol–water partition coefficient (Wildman–Crippen LogP) is 9.65. The highest BCUT2D eigenvalue weighted by Gasteiger charge is 2.38. The van der Waals surface area contributed by atoms with Gasteiger partial charge in [-0.3, -0.25) is 9.59 Å². The summed E-state index contributed by atoms with van der Waals surface area (Å²) in [6.07, 6.45) is 0.249. The number of esters is 1. The van der Waals surface area contributed by atoms with Gasteiger partial charge in [-0.25, -0.2) is 13.2 Å². The average Bonchev–Trinajstić information content (AvgIpc) is 3.36. The second-order valence-electron chi connectivity index (χ2n) is 14.4. The van der Waals surface area contributed by atoms with Crippen molar-refractivity contribution in [2.45, 2.75) is 104 Å². The van der Waals surface area contributed by atoms with Crippen molar-refractivity contribution in [2.75, 3.05) is 5.32 Å². The number of rotatable bonds is 10. The van der Waals surface area contributed by atoms with Crippen molar-refractivity contribution >= 4 is 17.6 Å². The van der Waals surface area contributed by atoms with Gasteiger partial charge in [0.15, 0.2) is 5.79 Å². The van der Waals surface area contributed by atoms with Crippen LogP contribution in [0.5, 0.6) is 0 Å². The Morgan fingerprint density at radius 1 is 0.920 bits per heavy atom. The van der Waals surface area contributed by atoms with Gasteiger partial charge in [0, 0.05) is 30.3 Å². The first-order chi connectivity index (χ1) is 23.5. The highest BCUT2D eigenvalue weighted by atomic mass is 19.1. The molecule has 2 atom stereocenters. The molecule has 4 aromatic rings. The zero-order valence-electron chi connectivity index (χ0n) is 29.6. The number of halogens is 3. The van der Waals surface area contributed by atoms with Gasteiger partial charge >= 0.3 is 5.97 Å². The molecule has 1 aromatic heterocycles. The minimum Gasteiger partial charge on any atom is -0.460 e. The van der Waals surface area contributed by atoms with Crippen LogP contribution >= 0.6 is 0 Å². The van der Waals surface area contributed by atoms with E-state index in [0.717, 1.165) is 17.7 Å². The molecule has 0 saturated carbocycles. The number of amides is 1. The van der Waals surface area contributed by atoms with Crippen molar-refractivity contribution in [1.82, 2.24) is 4.57 Å². The molecule has 50 heavy (non-hydrogen) atoms. The molecule has 0 aliphatic carbocycles. The van der Waals surface area contributed by atoms with Gasteiger partial charge < -0.3 is 24.1 Å². The van der Waals surface area contributed by atoms with Crippen LogP contribution in [0.25, 0.3) is 22.4 Å². The summed E-state index contributed by atoms with van der Waals surface area (Å²) in [5, 5.41) is 2.68. The van der Waals surface area contributed by atoms with E-state index >= 15 is 0 Å². The van der Waals surface area contributed by atoms with Gasteiger partial charge in [0.25, 0.3) is 5.91 Å². The van der Waals surface area contributed by atoms with E-state index in [1.807, 2.05) is 78.8 Å². The third-order valence-corrected chi connectivity index (χ3v) is 8.35. The molecule has 266 valence electrons. The molecule has 1 N–H and O–H groups in total. The molecule has 3 aromatic carbocycles. The molecule has 1 amide bonds. The van der Waals surface area contributed by atoms with Gasteiger partial charge in [-0.1, -0.05) is 44.2 Å². The number of carbonyl (C=O) groups is 2. The van der Waals surface area contributed by atoms with Crippen LogP contribution in [0, 0.1) is 17.5 Å². The molecule has 2 heterocycles. The number of nitrogens with zero attached hydrogens (tertiary/aromatic N) is 1. The Bertz CT molecular complexity index is 1830. The highest BCUT2D eigenvalue weighted by molar-refractivity contribution is 6.12. The van der Waals surface area contributed by atoms with Gasteiger partial charge in [0.05, 0.1) is 35.6 Å². The quantitative estimate of drug-likeness (QED) is 0.168. The summed E-state index contributed by atoms with van der Waals surface area (Å²) in [5.74, 6) is -4.15. The zero-order valence-corrected chi connectivity index (χ0v) is 29.6. The number of nitrogens with one attached hydrogen (secondary N) is 1. The molecule has 0 bridgehead atoms. The predicted molar refractivity (Wildman–Crippen MR) is 187 cm³/mol. The number of anilines is 1. The summed E-state index contributed by atoms with van der Waals surface area (Å²) in [6, 6.07) is 18.4. The third-order valence-electron chi connectivity index (χ3n) is 8.35. The summed E-state index contributed by atoms with van der Waals surface area (Å²) in [7, 11) is 0.